The van der Waals surface area contributed by atoms with Crippen LogP contribution < -0.4 is 10.6 Å². The summed E-state index contributed by atoms with van der Waals surface area (Å²) in [5.74, 6) is 1.95. The summed E-state index contributed by atoms with van der Waals surface area (Å²) in [6.45, 7) is 5.88. The van der Waals surface area contributed by atoms with Gasteiger partial charge in [-0.05, 0) is 63.5 Å². The number of carbonyl (C=O) groups excluding carboxylic acids is 1. The van der Waals surface area contributed by atoms with Gasteiger partial charge >= 0.3 is 0 Å². The number of carbonyl (C=O) groups is 1. The van der Waals surface area contributed by atoms with E-state index in [0.717, 1.165) is 44.2 Å². The Kier molecular flexibility index (Phi) is 8.14. The van der Waals surface area contributed by atoms with Crippen LogP contribution in [0, 0.1) is 11.8 Å². The standard InChI is InChI=1S/C18H33N3O.ClH/c22-18(6-5-15-7-10-19-13-15)20-17-8-11-21(12-9-17)14-16-3-1-2-4-16;/h15-17,19H,1-14H2,(H,20,22);1H. The molecule has 0 aromatic carbocycles. The summed E-state index contributed by atoms with van der Waals surface area (Å²) < 4.78 is 0. The van der Waals surface area contributed by atoms with Crippen molar-refractivity contribution in [3.8, 4) is 0 Å². The summed E-state index contributed by atoms with van der Waals surface area (Å²) in [5.41, 5.74) is 0. The third-order valence-electron chi connectivity index (χ3n) is 5.89. The highest BCUT2D eigenvalue weighted by atomic mass is 35.5. The average molecular weight is 344 g/mol. The maximum atomic E-state index is 12.1. The summed E-state index contributed by atoms with van der Waals surface area (Å²) in [4.78, 5) is 14.7. The van der Waals surface area contributed by atoms with Crippen LogP contribution in [-0.4, -0.2) is 49.6 Å². The molecule has 0 radical (unpaired) electrons. The van der Waals surface area contributed by atoms with Crippen molar-refractivity contribution in [1.29, 1.82) is 0 Å². The van der Waals surface area contributed by atoms with E-state index < -0.39 is 0 Å². The molecule has 2 heterocycles. The van der Waals surface area contributed by atoms with Gasteiger partial charge in [0.25, 0.3) is 0 Å². The molecule has 1 amide bonds. The predicted molar refractivity (Wildman–Crippen MR) is 97.0 cm³/mol. The van der Waals surface area contributed by atoms with Crippen molar-refractivity contribution in [3.63, 3.8) is 0 Å². The number of nitrogens with one attached hydrogen (secondary N) is 2. The average Bonchev–Trinajstić information content (AvgIpc) is 3.20. The maximum absolute atomic E-state index is 12.1. The normalized spacial score (nSPS) is 27.0. The lowest BCUT2D eigenvalue weighted by atomic mass is 10.0. The van der Waals surface area contributed by atoms with Crippen LogP contribution in [0.3, 0.4) is 0 Å². The van der Waals surface area contributed by atoms with Crippen molar-refractivity contribution in [3.05, 3.63) is 0 Å². The molecule has 3 fully saturated rings. The van der Waals surface area contributed by atoms with Crippen LogP contribution in [0.4, 0.5) is 0 Å². The molecule has 2 saturated heterocycles. The van der Waals surface area contributed by atoms with Crippen LogP contribution in [0.15, 0.2) is 0 Å². The first-order valence-electron chi connectivity index (χ1n) is 9.52. The zero-order chi connectivity index (χ0) is 15.2. The largest absolute Gasteiger partial charge is 0.353 e. The Balaban J connectivity index is 0.00000192. The molecule has 2 N–H and O–H groups in total. The second kappa shape index (κ2) is 9.85. The van der Waals surface area contributed by atoms with Gasteiger partial charge in [-0.15, -0.1) is 12.4 Å². The van der Waals surface area contributed by atoms with E-state index >= 15 is 0 Å². The molecule has 0 aromatic heterocycles. The van der Waals surface area contributed by atoms with Gasteiger partial charge in [-0.25, -0.2) is 0 Å². The van der Waals surface area contributed by atoms with Gasteiger partial charge in [-0.2, -0.15) is 0 Å². The van der Waals surface area contributed by atoms with Gasteiger partial charge < -0.3 is 15.5 Å². The highest BCUT2D eigenvalue weighted by Gasteiger charge is 2.24. The number of nitrogens with zero attached hydrogens (tertiary/aromatic N) is 1. The minimum atomic E-state index is 0. The lowest BCUT2D eigenvalue weighted by Gasteiger charge is -2.33. The highest BCUT2D eigenvalue weighted by molar-refractivity contribution is 5.85. The van der Waals surface area contributed by atoms with Crippen LogP contribution in [0.1, 0.15) is 57.8 Å². The molecular formula is C18H34ClN3O. The van der Waals surface area contributed by atoms with Gasteiger partial charge in [0.15, 0.2) is 0 Å². The van der Waals surface area contributed by atoms with Gasteiger partial charge in [-0.3, -0.25) is 4.79 Å². The molecule has 23 heavy (non-hydrogen) atoms. The molecule has 1 saturated carbocycles. The van der Waals surface area contributed by atoms with Gasteiger partial charge in [-0.1, -0.05) is 12.8 Å². The van der Waals surface area contributed by atoms with E-state index in [-0.39, 0.29) is 18.3 Å². The molecule has 1 unspecified atom stereocenters. The van der Waals surface area contributed by atoms with Gasteiger partial charge in [0, 0.05) is 32.1 Å². The topological polar surface area (TPSA) is 44.4 Å². The highest BCUT2D eigenvalue weighted by Crippen LogP contribution is 2.26. The van der Waals surface area contributed by atoms with E-state index in [1.165, 1.54) is 51.7 Å². The molecule has 3 rings (SSSR count). The second-order valence-electron chi connectivity index (χ2n) is 7.69. The summed E-state index contributed by atoms with van der Waals surface area (Å²) in [7, 11) is 0. The predicted octanol–water partition coefficient (Wildman–Crippen LogP) is 2.57. The Labute approximate surface area is 147 Å². The zero-order valence-electron chi connectivity index (χ0n) is 14.4. The molecule has 3 aliphatic rings. The van der Waals surface area contributed by atoms with Crippen LogP contribution >= 0.6 is 12.4 Å². The van der Waals surface area contributed by atoms with Gasteiger partial charge in [0.1, 0.15) is 0 Å². The molecule has 0 bridgehead atoms. The smallest absolute Gasteiger partial charge is 0.220 e. The summed E-state index contributed by atoms with van der Waals surface area (Å²) in [5, 5.41) is 6.65. The number of piperidine rings is 1. The van der Waals surface area contributed by atoms with E-state index in [1.807, 2.05) is 0 Å². The second-order valence-corrected chi connectivity index (χ2v) is 7.69. The van der Waals surface area contributed by atoms with Crippen molar-refractivity contribution < 1.29 is 4.79 Å². The first-order chi connectivity index (χ1) is 10.8. The first kappa shape index (κ1) is 19.0. The Hall–Kier alpha value is -0.320. The number of hydrogen-bond acceptors (Lipinski definition) is 3. The fourth-order valence-electron chi connectivity index (χ4n) is 4.41. The Morgan fingerprint density at radius 2 is 1.78 bits per heavy atom. The van der Waals surface area contributed by atoms with Crippen molar-refractivity contribution >= 4 is 18.3 Å². The lowest BCUT2D eigenvalue weighted by Crippen LogP contribution is -2.45. The molecule has 2 aliphatic heterocycles. The number of likely N-dealkylation sites (tertiary alicyclic amines) is 1. The summed E-state index contributed by atoms with van der Waals surface area (Å²) in [6.07, 6.45) is 11.1. The number of hydrogen-bond donors (Lipinski definition) is 2. The van der Waals surface area contributed by atoms with Crippen LogP contribution in [-0.2, 0) is 4.79 Å². The summed E-state index contributed by atoms with van der Waals surface area (Å²) in [6, 6.07) is 0.425. The van der Waals surface area contributed by atoms with Crippen molar-refractivity contribution in [1.82, 2.24) is 15.5 Å². The van der Waals surface area contributed by atoms with Crippen LogP contribution in [0.5, 0.6) is 0 Å². The fraction of sp³-hybridized carbons (Fsp3) is 0.944. The minimum Gasteiger partial charge on any atom is -0.353 e. The molecule has 134 valence electrons. The number of amides is 1. The van der Waals surface area contributed by atoms with Crippen molar-refractivity contribution in [2.45, 2.75) is 63.8 Å². The van der Waals surface area contributed by atoms with Crippen LogP contribution in [0.25, 0.3) is 0 Å². The van der Waals surface area contributed by atoms with E-state index in [0.29, 0.717) is 12.5 Å². The van der Waals surface area contributed by atoms with E-state index in [4.69, 9.17) is 0 Å². The van der Waals surface area contributed by atoms with E-state index in [9.17, 15) is 4.79 Å². The maximum Gasteiger partial charge on any atom is 0.220 e. The van der Waals surface area contributed by atoms with Gasteiger partial charge in [0.05, 0.1) is 0 Å². The first-order valence-corrected chi connectivity index (χ1v) is 9.52. The van der Waals surface area contributed by atoms with Crippen LogP contribution in [0.2, 0.25) is 0 Å². The molecule has 1 aliphatic carbocycles. The molecule has 0 spiro atoms. The van der Waals surface area contributed by atoms with Gasteiger partial charge in [0.2, 0.25) is 5.91 Å². The Morgan fingerprint density at radius 1 is 1.04 bits per heavy atom. The third-order valence-corrected chi connectivity index (χ3v) is 5.89. The number of rotatable bonds is 6. The molecule has 4 nitrogen and oxygen atoms in total. The molecular weight excluding hydrogens is 310 g/mol. The van der Waals surface area contributed by atoms with E-state index in [1.54, 1.807) is 0 Å². The van der Waals surface area contributed by atoms with Crippen molar-refractivity contribution in [2.24, 2.45) is 11.8 Å². The Morgan fingerprint density at radius 3 is 2.43 bits per heavy atom. The summed E-state index contributed by atoms with van der Waals surface area (Å²) >= 11 is 0. The monoisotopic (exact) mass is 343 g/mol. The third kappa shape index (κ3) is 6.24. The fourth-order valence-corrected chi connectivity index (χ4v) is 4.41. The quantitative estimate of drug-likeness (QED) is 0.779. The minimum absolute atomic E-state index is 0. The van der Waals surface area contributed by atoms with Crippen molar-refractivity contribution in [2.75, 3.05) is 32.7 Å². The SMILES string of the molecule is Cl.O=C(CCC1CCNC1)NC1CCN(CC2CCCC2)CC1. The zero-order valence-corrected chi connectivity index (χ0v) is 15.2. The molecule has 0 aromatic rings. The van der Waals surface area contributed by atoms with E-state index in [2.05, 4.69) is 15.5 Å². The Bertz CT molecular complexity index is 346. The molecule has 5 heteroatoms. The lowest BCUT2D eigenvalue weighted by molar-refractivity contribution is -0.122. The number of halogens is 1. The molecule has 1 atom stereocenters.